The average Bonchev–Trinajstić information content (AvgIpc) is 3.68. The summed E-state index contributed by atoms with van der Waals surface area (Å²) in [7, 11) is 0. The van der Waals surface area contributed by atoms with Crippen LogP contribution in [0.3, 0.4) is 0 Å². The minimum atomic E-state index is -4.54. The zero-order valence-corrected chi connectivity index (χ0v) is 25.6. The first kappa shape index (κ1) is 33.0. The molecule has 5 rings (SSSR count). The maximum Gasteiger partial charge on any atom is 0.417 e. The van der Waals surface area contributed by atoms with E-state index >= 15 is 0 Å². The lowest BCUT2D eigenvalue weighted by molar-refractivity contribution is -0.137. The number of nitrogens with one attached hydrogen (secondary N) is 1. The van der Waals surface area contributed by atoms with E-state index in [9.17, 15) is 23.1 Å². The number of hydrogen-bond donors (Lipinski definition) is 2. The summed E-state index contributed by atoms with van der Waals surface area (Å²) >= 11 is 23.5. The van der Waals surface area contributed by atoms with Gasteiger partial charge in [-0.1, -0.05) is 71.5 Å². The second kappa shape index (κ2) is 13.8. The summed E-state index contributed by atoms with van der Waals surface area (Å²) in [4.78, 5) is 19.6. The van der Waals surface area contributed by atoms with Crippen LogP contribution >= 0.6 is 46.4 Å². The Balaban J connectivity index is 0.000000198. The zero-order chi connectivity index (χ0) is 31.4. The van der Waals surface area contributed by atoms with E-state index in [-0.39, 0.29) is 38.8 Å². The van der Waals surface area contributed by atoms with Crippen LogP contribution < -0.4 is 5.32 Å². The lowest BCUT2D eigenvalue weighted by Gasteiger charge is -2.35. The third-order valence-electron chi connectivity index (χ3n) is 7.15. The average molecular weight is 675 g/mol. The molecule has 0 bridgehead atoms. The summed E-state index contributed by atoms with van der Waals surface area (Å²) in [6.45, 7) is 2.35. The molecule has 2 aromatic carbocycles. The van der Waals surface area contributed by atoms with E-state index < -0.39 is 23.2 Å². The first-order chi connectivity index (χ1) is 20.3. The Bertz CT molecular complexity index is 1530. The number of rotatable bonds is 8. The lowest BCUT2D eigenvalue weighted by Crippen LogP contribution is -2.39. The zero-order valence-electron chi connectivity index (χ0n) is 22.6. The van der Waals surface area contributed by atoms with Crippen molar-refractivity contribution in [3.05, 3.63) is 110 Å². The molecule has 4 aromatic rings. The fraction of sp³-hybridized carbons (Fsp3) is 0.310. The molecular formula is C29H26Cl4F3N5O2. The van der Waals surface area contributed by atoms with E-state index in [1.807, 2.05) is 24.3 Å². The molecule has 0 aliphatic heterocycles. The van der Waals surface area contributed by atoms with Crippen molar-refractivity contribution in [2.75, 3.05) is 0 Å². The van der Waals surface area contributed by atoms with E-state index in [1.54, 1.807) is 17.1 Å². The highest BCUT2D eigenvalue weighted by molar-refractivity contribution is 6.39. The van der Waals surface area contributed by atoms with Crippen molar-refractivity contribution < 1.29 is 23.1 Å². The largest absolute Gasteiger partial charge is 0.417 e. The first-order valence-corrected chi connectivity index (χ1v) is 14.6. The van der Waals surface area contributed by atoms with Crippen LogP contribution in [0.5, 0.6) is 0 Å². The predicted molar refractivity (Wildman–Crippen MR) is 159 cm³/mol. The molecule has 228 valence electrons. The topological polar surface area (TPSA) is 92.9 Å². The van der Waals surface area contributed by atoms with Crippen LogP contribution in [0, 0.1) is 11.8 Å². The number of halogens is 7. The van der Waals surface area contributed by atoms with E-state index in [4.69, 9.17) is 46.4 Å². The smallest absolute Gasteiger partial charge is 0.383 e. The Morgan fingerprint density at radius 3 is 2.23 bits per heavy atom. The van der Waals surface area contributed by atoms with Crippen LogP contribution in [0.1, 0.15) is 46.9 Å². The molecule has 2 heterocycles. The molecule has 7 nitrogen and oxygen atoms in total. The Hall–Kier alpha value is -2.89. The van der Waals surface area contributed by atoms with Gasteiger partial charge in [0.1, 0.15) is 18.3 Å². The molecule has 1 fully saturated rings. The van der Waals surface area contributed by atoms with Crippen LogP contribution in [0.15, 0.2) is 67.4 Å². The van der Waals surface area contributed by atoms with Gasteiger partial charge in [0.2, 0.25) is 0 Å². The fourth-order valence-electron chi connectivity index (χ4n) is 4.50. The molecule has 1 amide bonds. The normalized spacial score (nSPS) is 15.2. The summed E-state index contributed by atoms with van der Waals surface area (Å²) < 4.78 is 39.3. The van der Waals surface area contributed by atoms with Gasteiger partial charge in [-0.15, -0.1) is 0 Å². The molecule has 1 aliphatic carbocycles. The molecule has 0 spiro atoms. The number of nitrogens with zero attached hydrogens (tertiary/aromatic N) is 4. The quantitative estimate of drug-likeness (QED) is 0.199. The van der Waals surface area contributed by atoms with Gasteiger partial charge in [0, 0.05) is 11.2 Å². The Kier molecular flexibility index (Phi) is 10.6. The molecule has 43 heavy (non-hydrogen) atoms. The van der Waals surface area contributed by atoms with Gasteiger partial charge in [0.25, 0.3) is 5.91 Å². The standard InChI is InChI=1S/C15H18ClN3O.C14H8Cl3F3N2O/c1-11(12-2-3-12)15(20,8-19-10-17-9-18-19)13-4-6-14(16)7-5-13;15-8-2-1-3-9(16)12(8)13(23)22-6-11-10(17)4-7(5-21-11)14(18,19)20/h4-7,9-12,20H,2-3,8H2,1H3;1-5H,6H2,(H,22,23). The number of pyridine rings is 1. The second-order valence-corrected chi connectivity index (χ2v) is 11.7. The monoisotopic (exact) mass is 673 g/mol. The van der Waals surface area contributed by atoms with Gasteiger partial charge < -0.3 is 10.4 Å². The fourth-order valence-corrected chi connectivity index (χ4v) is 5.43. The first-order valence-electron chi connectivity index (χ1n) is 13.0. The van der Waals surface area contributed by atoms with E-state index in [2.05, 4.69) is 27.3 Å². The molecule has 14 heteroatoms. The minimum absolute atomic E-state index is 0.0684. The van der Waals surface area contributed by atoms with Gasteiger partial charge in [-0.2, -0.15) is 18.3 Å². The third kappa shape index (κ3) is 8.39. The number of alkyl halides is 3. The minimum Gasteiger partial charge on any atom is -0.383 e. The van der Waals surface area contributed by atoms with Crippen molar-refractivity contribution in [1.82, 2.24) is 25.1 Å². The van der Waals surface area contributed by atoms with Gasteiger partial charge in [0.15, 0.2) is 0 Å². The molecule has 1 saturated carbocycles. The summed E-state index contributed by atoms with van der Waals surface area (Å²) in [6, 6.07) is 12.8. The van der Waals surface area contributed by atoms with Gasteiger partial charge in [0.05, 0.1) is 45.0 Å². The molecule has 2 N–H and O–H groups in total. The highest BCUT2D eigenvalue weighted by Crippen LogP contribution is 2.46. The Morgan fingerprint density at radius 1 is 1.05 bits per heavy atom. The van der Waals surface area contributed by atoms with E-state index in [0.29, 0.717) is 23.7 Å². The molecule has 2 unspecified atom stereocenters. The summed E-state index contributed by atoms with van der Waals surface area (Å²) in [5.74, 6) is 0.172. The van der Waals surface area contributed by atoms with E-state index in [0.717, 1.165) is 11.6 Å². The molecule has 2 atom stereocenters. The third-order valence-corrected chi connectivity index (χ3v) is 8.36. The molecular weight excluding hydrogens is 649 g/mol. The van der Waals surface area contributed by atoms with Crippen LogP contribution in [0.25, 0.3) is 0 Å². The summed E-state index contributed by atoms with van der Waals surface area (Å²) in [5, 5.41) is 18.7. The predicted octanol–water partition coefficient (Wildman–Crippen LogP) is 7.86. The number of carbonyl (C=O) groups is 1. The van der Waals surface area contributed by atoms with Crippen molar-refractivity contribution in [2.24, 2.45) is 11.8 Å². The highest BCUT2D eigenvalue weighted by Gasteiger charge is 2.44. The van der Waals surface area contributed by atoms with E-state index in [1.165, 1.54) is 31.3 Å². The maximum atomic E-state index is 12.5. The Morgan fingerprint density at radius 2 is 1.70 bits per heavy atom. The van der Waals surface area contributed by atoms with Crippen molar-refractivity contribution in [2.45, 2.75) is 44.6 Å². The van der Waals surface area contributed by atoms with Gasteiger partial charge in [-0.3, -0.25) is 9.78 Å². The molecule has 0 radical (unpaired) electrons. The van der Waals surface area contributed by atoms with Crippen molar-refractivity contribution in [1.29, 1.82) is 0 Å². The molecule has 0 saturated heterocycles. The number of aromatic nitrogens is 4. The highest BCUT2D eigenvalue weighted by atomic mass is 35.5. The van der Waals surface area contributed by atoms with Crippen LogP contribution in [-0.4, -0.2) is 30.8 Å². The lowest BCUT2D eigenvalue weighted by atomic mass is 9.79. The van der Waals surface area contributed by atoms with Crippen molar-refractivity contribution in [3.8, 4) is 0 Å². The molecule has 1 aliphatic rings. The molecule has 2 aromatic heterocycles. The summed E-state index contributed by atoms with van der Waals surface area (Å²) in [5.41, 5.74) is -0.863. The number of hydrogen-bond acceptors (Lipinski definition) is 5. The second-order valence-electron chi connectivity index (χ2n) is 10.1. The number of aliphatic hydroxyl groups is 1. The number of amides is 1. The van der Waals surface area contributed by atoms with Gasteiger partial charge >= 0.3 is 6.18 Å². The van der Waals surface area contributed by atoms with Crippen LogP contribution in [0.4, 0.5) is 13.2 Å². The van der Waals surface area contributed by atoms with Crippen molar-refractivity contribution in [3.63, 3.8) is 0 Å². The van der Waals surface area contributed by atoms with Crippen LogP contribution in [-0.2, 0) is 24.9 Å². The number of benzene rings is 2. The van der Waals surface area contributed by atoms with Gasteiger partial charge in [-0.05, 0) is 60.6 Å². The van der Waals surface area contributed by atoms with Crippen LogP contribution in [0.2, 0.25) is 20.1 Å². The number of carbonyl (C=O) groups excluding carboxylic acids is 1. The maximum absolute atomic E-state index is 12.5. The van der Waals surface area contributed by atoms with Crippen molar-refractivity contribution >= 4 is 52.3 Å². The SMILES string of the molecule is CC(C1CC1)C(O)(Cn1cncn1)c1ccc(Cl)cc1.O=C(NCc1ncc(C(F)(F)F)cc1Cl)c1c(Cl)cccc1Cl. The van der Waals surface area contributed by atoms with Gasteiger partial charge in [-0.25, -0.2) is 9.67 Å². The Labute approximate surface area is 266 Å². The summed E-state index contributed by atoms with van der Waals surface area (Å²) in [6.07, 6.45) is 1.62.